The number of hydrogen-bond acceptors (Lipinski definition) is 2. The largest absolute Gasteiger partial charge is 0.355 e. The molecule has 6 heteroatoms. The molecular weight excluding hydrogens is 355 g/mol. The summed E-state index contributed by atoms with van der Waals surface area (Å²) in [7, 11) is 0. The minimum atomic E-state index is -0.714. The van der Waals surface area contributed by atoms with Gasteiger partial charge < -0.3 is 10.2 Å². The highest BCUT2D eigenvalue weighted by Crippen LogP contribution is 2.16. The van der Waals surface area contributed by atoms with Crippen LogP contribution in [-0.4, -0.2) is 29.3 Å². The first-order chi connectivity index (χ1) is 12.4. The van der Waals surface area contributed by atoms with Gasteiger partial charge in [0.1, 0.15) is 11.9 Å². The van der Waals surface area contributed by atoms with Crippen LogP contribution in [0.4, 0.5) is 4.39 Å². The molecule has 1 N–H and O–H groups in total. The molecule has 0 saturated heterocycles. The summed E-state index contributed by atoms with van der Waals surface area (Å²) < 4.78 is 14.0. The first kappa shape index (κ1) is 19.9. The Labute approximate surface area is 158 Å². The second kappa shape index (κ2) is 9.34. The number of carbonyl (C=O) groups excluding carboxylic acids is 2. The molecule has 4 nitrogen and oxygen atoms in total. The number of amides is 2. The standard InChI is InChI=1S/C20H22ClFN2O2/c1-3-23-20(26)14(2)24(13-16-6-4-5-7-18(16)22)19(25)12-15-8-10-17(21)11-9-15/h4-11,14H,3,12-13H2,1-2H3,(H,23,26). The minimum Gasteiger partial charge on any atom is -0.355 e. The van der Waals surface area contributed by atoms with Gasteiger partial charge in [0.25, 0.3) is 0 Å². The number of carbonyl (C=O) groups is 2. The fourth-order valence-electron chi connectivity index (χ4n) is 2.59. The van der Waals surface area contributed by atoms with Crippen LogP contribution in [0, 0.1) is 5.82 Å². The number of likely N-dealkylation sites (N-methyl/N-ethyl adjacent to an activating group) is 1. The average Bonchev–Trinajstić information content (AvgIpc) is 2.62. The van der Waals surface area contributed by atoms with Crippen molar-refractivity contribution in [2.75, 3.05) is 6.54 Å². The number of benzene rings is 2. The van der Waals surface area contributed by atoms with Gasteiger partial charge in [-0.15, -0.1) is 0 Å². The zero-order valence-corrected chi connectivity index (χ0v) is 15.6. The van der Waals surface area contributed by atoms with E-state index in [0.29, 0.717) is 17.1 Å². The Kier molecular flexibility index (Phi) is 7.16. The molecule has 0 radical (unpaired) electrons. The molecule has 0 aliphatic carbocycles. The summed E-state index contributed by atoms with van der Waals surface area (Å²) in [6.07, 6.45) is 0.107. The molecule has 0 aliphatic heterocycles. The topological polar surface area (TPSA) is 49.4 Å². The van der Waals surface area contributed by atoms with Gasteiger partial charge >= 0.3 is 0 Å². The summed E-state index contributed by atoms with van der Waals surface area (Å²) in [5.74, 6) is -0.928. The molecule has 0 aliphatic rings. The Balaban J connectivity index is 2.23. The van der Waals surface area contributed by atoms with Crippen molar-refractivity contribution in [3.8, 4) is 0 Å². The molecule has 0 aromatic heterocycles. The van der Waals surface area contributed by atoms with Crippen LogP contribution in [0.15, 0.2) is 48.5 Å². The van der Waals surface area contributed by atoms with E-state index in [1.807, 2.05) is 0 Å². The van der Waals surface area contributed by atoms with Crippen LogP contribution >= 0.6 is 11.6 Å². The maximum absolute atomic E-state index is 14.0. The van der Waals surface area contributed by atoms with Crippen LogP contribution in [0.3, 0.4) is 0 Å². The van der Waals surface area contributed by atoms with E-state index in [4.69, 9.17) is 11.6 Å². The van der Waals surface area contributed by atoms with E-state index in [1.54, 1.807) is 56.3 Å². The van der Waals surface area contributed by atoms with Crippen molar-refractivity contribution < 1.29 is 14.0 Å². The van der Waals surface area contributed by atoms with Gasteiger partial charge in [-0.05, 0) is 37.6 Å². The van der Waals surface area contributed by atoms with E-state index in [1.165, 1.54) is 11.0 Å². The SMILES string of the molecule is CCNC(=O)C(C)N(Cc1ccccc1F)C(=O)Cc1ccc(Cl)cc1. The third kappa shape index (κ3) is 5.30. The summed E-state index contributed by atoms with van der Waals surface area (Å²) in [6, 6.07) is 12.5. The number of hydrogen-bond donors (Lipinski definition) is 1. The van der Waals surface area contributed by atoms with Crippen molar-refractivity contribution in [1.29, 1.82) is 0 Å². The van der Waals surface area contributed by atoms with Crippen LogP contribution < -0.4 is 5.32 Å². The maximum atomic E-state index is 14.0. The van der Waals surface area contributed by atoms with Crippen LogP contribution in [0.1, 0.15) is 25.0 Å². The fraction of sp³-hybridized carbons (Fsp3) is 0.300. The summed E-state index contributed by atoms with van der Waals surface area (Å²) in [5.41, 5.74) is 1.15. The smallest absolute Gasteiger partial charge is 0.242 e. The molecule has 2 rings (SSSR count). The molecule has 2 amide bonds. The number of nitrogens with one attached hydrogen (secondary N) is 1. The third-order valence-corrected chi connectivity index (χ3v) is 4.34. The van der Waals surface area contributed by atoms with Crippen LogP contribution in [0.2, 0.25) is 5.02 Å². The predicted octanol–water partition coefficient (Wildman–Crippen LogP) is 3.58. The first-order valence-electron chi connectivity index (χ1n) is 8.47. The van der Waals surface area contributed by atoms with Crippen molar-refractivity contribution in [1.82, 2.24) is 10.2 Å². The normalized spacial score (nSPS) is 11.7. The zero-order valence-electron chi connectivity index (χ0n) is 14.8. The molecule has 2 aromatic carbocycles. The Morgan fingerprint density at radius 2 is 1.81 bits per heavy atom. The second-order valence-corrected chi connectivity index (χ2v) is 6.42. The van der Waals surface area contributed by atoms with Gasteiger partial charge in [-0.1, -0.05) is 41.9 Å². The van der Waals surface area contributed by atoms with Crippen LogP contribution in [0.5, 0.6) is 0 Å². The van der Waals surface area contributed by atoms with Crippen molar-refractivity contribution >= 4 is 23.4 Å². The fourth-order valence-corrected chi connectivity index (χ4v) is 2.72. The van der Waals surface area contributed by atoms with Gasteiger partial charge in [0.05, 0.1) is 6.42 Å². The molecule has 26 heavy (non-hydrogen) atoms. The maximum Gasteiger partial charge on any atom is 0.242 e. The van der Waals surface area contributed by atoms with E-state index in [9.17, 15) is 14.0 Å². The molecule has 0 spiro atoms. The lowest BCUT2D eigenvalue weighted by Crippen LogP contribution is -2.48. The Morgan fingerprint density at radius 3 is 2.42 bits per heavy atom. The van der Waals surface area contributed by atoms with Crippen molar-refractivity contribution in [3.63, 3.8) is 0 Å². The molecule has 0 bridgehead atoms. The molecule has 0 fully saturated rings. The second-order valence-electron chi connectivity index (χ2n) is 5.99. The molecule has 1 unspecified atom stereocenters. The van der Waals surface area contributed by atoms with E-state index in [0.717, 1.165) is 5.56 Å². The summed E-state index contributed by atoms with van der Waals surface area (Å²) >= 11 is 5.87. The highest BCUT2D eigenvalue weighted by Gasteiger charge is 2.26. The molecule has 138 valence electrons. The summed E-state index contributed by atoms with van der Waals surface area (Å²) in [4.78, 5) is 26.5. The molecule has 0 saturated carbocycles. The van der Waals surface area contributed by atoms with E-state index in [2.05, 4.69) is 5.32 Å². The molecule has 0 heterocycles. The summed E-state index contributed by atoms with van der Waals surface area (Å²) in [6.45, 7) is 3.94. The molecule has 2 aromatic rings. The third-order valence-electron chi connectivity index (χ3n) is 4.09. The monoisotopic (exact) mass is 376 g/mol. The Hall–Kier alpha value is -2.40. The predicted molar refractivity (Wildman–Crippen MR) is 100 cm³/mol. The van der Waals surface area contributed by atoms with Gasteiger partial charge in [-0.2, -0.15) is 0 Å². The lowest BCUT2D eigenvalue weighted by atomic mass is 10.1. The zero-order chi connectivity index (χ0) is 19.1. The van der Waals surface area contributed by atoms with Crippen LogP contribution in [-0.2, 0) is 22.6 Å². The minimum absolute atomic E-state index is 0.0252. The quantitative estimate of drug-likeness (QED) is 0.803. The van der Waals surface area contributed by atoms with Crippen LogP contribution in [0.25, 0.3) is 0 Å². The lowest BCUT2D eigenvalue weighted by Gasteiger charge is -2.29. The summed E-state index contributed by atoms with van der Waals surface area (Å²) in [5, 5.41) is 3.29. The number of halogens is 2. The lowest BCUT2D eigenvalue weighted by molar-refractivity contribution is -0.140. The number of rotatable bonds is 7. The van der Waals surface area contributed by atoms with E-state index in [-0.39, 0.29) is 24.8 Å². The van der Waals surface area contributed by atoms with E-state index >= 15 is 0 Å². The molecular formula is C20H22ClFN2O2. The van der Waals surface area contributed by atoms with Crippen molar-refractivity contribution in [2.24, 2.45) is 0 Å². The van der Waals surface area contributed by atoms with Gasteiger partial charge in [0, 0.05) is 23.7 Å². The van der Waals surface area contributed by atoms with Gasteiger partial charge in [-0.3, -0.25) is 9.59 Å². The number of nitrogens with zero attached hydrogens (tertiary/aromatic N) is 1. The first-order valence-corrected chi connectivity index (χ1v) is 8.85. The molecule has 1 atom stereocenters. The Bertz CT molecular complexity index is 765. The highest BCUT2D eigenvalue weighted by atomic mass is 35.5. The van der Waals surface area contributed by atoms with Crippen molar-refractivity contribution in [2.45, 2.75) is 32.9 Å². The van der Waals surface area contributed by atoms with Gasteiger partial charge in [-0.25, -0.2) is 4.39 Å². The van der Waals surface area contributed by atoms with Gasteiger partial charge in [0.15, 0.2) is 0 Å². The highest BCUT2D eigenvalue weighted by molar-refractivity contribution is 6.30. The Morgan fingerprint density at radius 1 is 1.15 bits per heavy atom. The average molecular weight is 377 g/mol. The van der Waals surface area contributed by atoms with Gasteiger partial charge in [0.2, 0.25) is 11.8 Å². The van der Waals surface area contributed by atoms with Crippen molar-refractivity contribution in [3.05, 3.63) is 70.5 Å². The van der Waals surface area contributed by atoms with E-state index < -0.39 is 11.9 Å².